The van der Waals surface area contributed by atoms with Crippen LogP contribution in [0.25, 0.3) is 0 Å². The fourth-order valence-electron chi connectivity index (χ4n) is 2.17. The molecule has 128 valence electrons. The van der Waals surface area contributed by atoms with Gasteiger partial charge in [0.25, 0.3) is 0 Å². The molecule has 0 aliphatic carbocycles. The lowest BCUT2D eigenvalue weighted by atomic mass is 10.1. The van der Waals surface area contributed by atoms with Crippen LogP contribution in [0.15, 0.2) is 60.7 Å². The number of carbonyl (C=O) groups is 1. The molecule has 0 aliphatic heterocycles. The van der Waals surface area contributed by atoms with E-state index in [1.165, 1.54) is 18.2 Å². The van der Waals surface area contributed by atoms with E-state index >= 15 is 0 Å². The molecular weight excluding hydrogens is 329 g/mol. The van der Waals surface area contributed by atoms with Crippen LogP contribution in [0, 0.1) is 0 Å². The Kier molecular flexibility index (Phi) is 5.21. The van der Waals surface area contributed by atoms with Crippen LogP contribution in [0.3, 0.4) is 0 Å². The Bertz CT molecular complexity index is 670. The minimum atomic E-state index is -5.19. The molecule has 0 atom stereocenters. The standard InChI is InChI=1S/C17H14F5NO/c18-16(19,14-9-5-2-6-10-14)15(24)23(17(20,21)22)12-11-13-7-3-1-4-8-13/h1-10H,11-12H2. The van der Waals surface area contributed by atoms with Crippen LogP contribution in [0.5, 0.6) is 0 Å². The Morgan fingerprint density at radius 3 is 1.83 bits per heavy atom. The van der Waals surface area contributed by atoms with Crippen molar-refractivity contribution in [2.45, 2.75) is 18.6 Å². The molecule has 2 nitrogen and oxygen atoms in total. The summed E-state index contributed by atoms with van der Waals surface area (Å²) in [4.78, 5) is 11.2. The number of halogens is 5. The van der Waals surface area contributed by atoms with E-state index in [9.17, 15) is 26.7 Å². The van der Waals surface area contributed by atoms with Crippen LogP contribution >= 0.6 is 0 Å². The molecule has 0 saturated heterocycles. The molecule has 2 rings (SSSR count). The molecule has 24 heavy (non-hydrogen) atoms. The second-order valence-corrected chi connectivity index (χ2v) is 5.10. The predicted octanol–water partition coefficient (Wildman–Crippen LogP) is 4.37. The minimum absolute atomic E-state index is 0.184. The minimum Gasteiger partial charge on any atom is -0.267 e. The van der Waals surface area contributed by atoms with E-state index in [1.807, 2.05) is 0 Å². The SMILES string of the molecule is O=C(N(CCc1ccccc1)C(F)(F)F)C(F)(F)c1ccccc1. The summed E-state index contributed by atoms with van der Waals surface area (Å²) < 4.78 is 67.6. The average molecular weight is 343 g/mol. The summed E-state index contributed by atoms with van der Waals surface area (Å²) in [6.45, 7) is -0.880. The monoisotopic (exact) mass is 343 g/mol. The molecule has 0 fully saturated rings. The first-order valence-corrected chi connectivity index (χ1v) is 7.09. The fourth-order valence-corrected chi connectivity index (χ4v) is 2.17. The molecule has 0 spiro atoms. The average Bonchev–Trinajstić information content (AvgIpc) is 2.55. The molecule has 7 heteroatoms. The molecule has 0 N–H and O–H groups in total. The number of hydrogen-bond acceptors (Lipinski definition) is 1. The predicted molar refractivity (Wildman–Crippen MR) is 78.3 cm³/mol. The number of amides is 1. The Hall–Kier alpha value is -2.44. The number of hydrogen-bond donors (Lipinski definition) is 0. The van der Waals surface area contributed by atoms with E-state index in [1.54, 1.807) is 30.3 Å². The molecule has 0 aliphatic rings. The quantitative estimate of drug-likeness (QED) is 0.583. The Morgan fingerprint density at radius 1 is 0.833 bits per heavy atom. The lowest BCUT2D eigenvalue weighted by Crippen LogP contribution is -2.50. The highest BCUT2D eigenvalue weighted by molar-refractivity contribution is 5.85. The van der Waals surface area contributed by atoms with Crippen molar-refractivity contribution in [3.05, 3.63) is 71.8 Å². The van der Waals surface area contributed by atoms with Crippen molar-refractivity contribution < 1.29 is 26.7 Å². The first-order chi connectivity index (χ1) is 11.2. The number of benzene rings is 2. The molecule has 0 unspecified atom stereocenters. The van der Waals surface area contributed by atoms with Gasteiger partial charge in [-0.15, -0.1) is 13.2 Å². The zero-order chi connectivity index (χ0) is 17.8. The van der Waals surface area contributed by atoms with Crippen molar-refractivity contribution in [2.24, 2.45) is 0 Å². The Labute approximate surface area is 135 Å². The third-order valence-electron chi connectivity index (χ3n) is 3.42. The zero-order valence-corrected chi connectivity index (χ0v) is 12.4. The second-order valence-electron chi connectivity index (χ2n) is 5.10. The van der Waals surface area contributed by atoms with E-state index in [0.29, 0.717) is 5.56 Å². The lowest BCUT2D eigenvalue weighted by Gasteiger charge is -2.28. The molecule has 0 aromatic heterocycles. The Morgan fingerprint density at radius 2 is 1.33 bits per heavy atom. The van der Waals surface area contributed by atoms with Gasteiger partial charge in [-0.1, -0.05) is 60.7 Å². The summed E-state index contributed by atoms with van der Waals surface area (Å²) in [6.07, 6.45) is -5.37. The maximum absolute atomic E-state index is 14.2. The summed E-state index contributed by atoms with van der Waals surface area (Å²) in [5.41, 5.74) is -0.258. The summed E-state index contributed by atoms with van der Waals surface area (Å²) in [7, 11) is 0. The molecule has 2 aromatic carbocycles. The molecular formula is C17H14F5NO. The smallest absolute Gasteiger partial charge is 0.267 e. The van der Waals surface area contributed by atoms with E-state index in [2.05, 4.69) is 0 Å². The number of carbonyl (C=O) groups excluding carboxylic acids is 1. The first-order valence-electron chi connectivity index (χ1n) is 7.09. The number of alkyl halides is 5. The van der Waals surface area contributed by atoms with Crippen molar-refractivity contribution in [1.29, 1.82) is 0 Å². The largest absolute Gasteiger partial charge is 0.487 e. The highest BCUT2D eigenvalue weighted by Gasteiger charge is 2.52. The van der Waals surface area contributed by atoms with Crippen LogP contribution in [-0.4, -0.2) is 23.7 Å². The molecule has 0 radical (unpaired) electrons. The summed E-state index contributed by atoms with van der Waals surface area (Å²) in [5, 5.41) is 0. The van der Waals surface area contributed by atoms with Gasteiger partial charge in [0.05, 0.1) is 0 Å². The summed E-state index contributed by atoms with van der Waals surface area (Å²) in [6, 6.07) is 13.8. The van der Waals surface area contributed by atoms with Gasteiger partial charge in [-0.25, -0.2) is 4.90 Å². The van der Waals surface area contributed by atoms with Gasteiger partial charge in [-0.3, -0.25) is 4.79 Å². The van der Waals surface area contributed by atoms with Crippen molar-refractivity contribution >= 4 is 5.91 Å². The van der Waals surface area contributed by atoms with Crippen LogP contribution in [0.4, 0.5) is 22.0 Å². The van der Waals surface area contributed by atoms with Crippen LogP contribution < -0.4 is 0 Å². The molecule has 0 saturated carbocycles. The number of rotatable bonds is 5. The van der Waals surface area contributed by atoms with Gasteiger partial charge >= 0.3 is 18.1 Å². The third kappa shape index (κ3) is 4.10. The van der Waals surface area contributed by atoms with E-state index in [4.69, 9.17) is 0 Å². The van der Waals surface area contributed by atoms with E-state index in [-0.39, 0.29) is 6.42 Å². The molecule has 0 bridgehead atoms. The normalized spacial score (nSPS) is 12.0. The van der Waals surface area contributed by atoms with Crippen LogP contribution in [-0.2, 0) is 17.1 Å². The maximum Gasteiger partial charge on any atom is 0.487 e. The highest BCUT2D eigenvalue weighted by Crippen LogP contribution is 2.34. The van der Waals surface area contributed by atoms with E-state index in [0.717, 1.165) is 12.1 Å². The first kappa shape index (κ1) is 17.9. The third-order valence-corrected chi connectivity index (χ3v) is 3.42. The molecule has 0 heterocycles. The van der Waals surface area contributed by atoms with Gasteiger partial charge in [-0.05, 0) is 12.0 Å². The van der Waals surface area contributed by atoms with Gasteiger partial charge in [0, 0.05) is 12.1 Å². The molecule has 2 aromatic rings. The van der Waals surface area contributed by atoms with Crippen molar-refractivity contribution in [2.75, 3.05) is 6.54 Å². The van der Waals surface area contributed by atoms with Crippen LogP contribution in [0.2, 0.25) is 0 Å². The van der Waals surface area contributed by atoms with Gasteiger partial charge in [0.2, 0.25) is 0 Å². The number of nitrogens with zero attached hydrogens (tertiary/aromatic N) is 1. The zero-order valence-electron chi connectivity index (χ0n) is 12.4. The summed E-state index contributed by atoms with van der Waals surface area (Å²) >= 11 is 0. The van der Waals surface area contributed by atoms with Crippen molar-refractivity contribution in [3.63, 3.8) is 0 Å². The van der Waals surface area contributed by atoms with Crippen molar-refractivity contribution in [3.8, 4) is 0 Å². The lowest BCUT2D eigenvalue weighted by molar-refractivity contribution is -0.251. The Balaban J connectivity index is 2.22. The van der Waals surface area contributed by atoms with Gasteiger partial charge < -0.3 is 0 Å². The fraction of sp³-hybridized carbons (Fsp3) is 0.235. The van der Waals surface area contributed by atoms with Gasteiger partial charge in [-0.2, -0.15) is 8.78 Å². The molecule has 1 amide bonds. The highest BCUT2D eigenvalue weighted by atomic mass is 19.4. The van der Waals surface area contributed by atoms with E-state index < -0.39 is 35.1 Å². The topological polar surface area (TPSA) is 20.3 Å². The van der Waals surface area contributed by atoms with Gasteiger partial charge in [0.1, 0.15) is 0 Å². The maximum atomic E-state index is 14.2. The second kappa shape index (κ2) is 6.98. The van der Waals surface area contributed by atoms with Crippen LogP contribution in [0.1, 0.15) is 11.1 Å². The van der Waals surface area contributed by atoms with Gasteiger partial charge in [0.15, 0.2) is 0 Å². The summed E-state index contributed by atoms with van der Waals surface area (Å²) in [5.74, 6) is -6.54. The van der Waals surface area contributed by atoms with Crippen molar-refractivity contribution in [1.82, 2.24) is 4.90 Å².